The summed E-state index contributed by atoms with van der Waals surface area (Å²) in [5.74, 6) is 0.859. The Balaban J connectivity index is 1.55. The van der Waals surface area contributed by atoms with Crippen LogP contribution in [0, 0.1) is 13.8 Å². The number of nitrogens with zero attached hydrogens (tertiary/aromatic N) is 2. The first-order chi connectivity index (χ1) is 13.2. The highest BCUT2D eigenvalue weighted by molar-refractivity contribution is 5.68. The molecule has 2 aromatic rings. The topological polar surface area (TPSA) is 51.7 Å². The van der Waals surface area contributed by atoms with Gasteiger partial charge in [0.25, 0.3) is 0 Å². The molecule has 1 fully saturated rings. The second kappa shape index (κ2) is 8.21. The molecule has 1 aliphatic rings. The summed E-state index contributed by atoms with van der Waals surface area (Å²) in [5.41, 5.74) is 3.87. The van der Waals surface area contributed by atoms with Crippen LogP contribution >= 0.6 is 0 Å². The van der Waals surface area contributed by atoms with E-state index in [4.69, 9.17) is 9.47 Å². The van der Waals surface area contributed by atoms with Crippen LogP contribution in [-0.4, -0.2) is 40.8 Å². The molecule has 1 amide bonds. The van der Waals surface area contributed by atoms with Crippen molar-refractivity contribution in [3.63, 3.8) is 0 Å². The number of carbonyl (C=O) groups excluding carboxylic acids is 1. The Hall–Kier alpha value is -2.56. The lowest BCUT2D eigenvalue weighted by Gasteiger charge is -2.33. The smallest absolute Gasteiger partial charge is 0.410 e. The van der Waals surface area contributed by atoms with Gasteiger partial charge in [0.15, 0.2) is 0 Å². The minimum Gasteiger partial charge on any atom is -0.490 e. The quantitative estimate of drug-likeness (QED) is 0.737. The first-order valence-corrected chi connectivity index (χ1v) is 9.90. The molecule has 0 atom stereocenters. The Morgan fingerprint density at radius 2 is 1.68 bits per heavy atom. The summed E-state index contributed by atoms with van der Waals surface area (Å²) in [5, 5.41) is 0. The van der Waals surface area contributed by atoms with Crippen molar-refractivity contribution in [3.8, 4) is 16.9 Å². The lowest BCUT2D eigenvalue weighted by Crippen LogP contribution is -2.44. The number of hydrogen-bond acceptors (Lipinski definition) is 4. The summed E-state index contributed by atoms with van der Waals surface area (Å²) in [6.45, 7) is 11.0. The van der Waals surface area contributed by atoms with Crippen molar-refractivity contribution < 1.29 is 14.3 Å². The van der Waals surface area contributed by atoms with Gasteiger partial charge >= 0.3 is 6.09 Å². The van der Waals surface area contributed by atoms with Crippen LogP contribution in [0.3, 0.4) is 0 Å². The number of likely N-dealkylation sites (tertiary alicyclic amines) is 1. The van der Waals surface area contributed by atoms with E-state index < -0.39 is 5.60 Å². The van der Waals surface area contributed by atoms with Crippen molar-refractivity contribution in [3.05, 3.63) is 47.8 Å². The molecule has 0 bridgehead atoms. The number of aromatic nitrogens is 1. The van der Waals surface area contributed by atoms with Gasteiger partial charge in [0.2, 0.25) is 0 Å². The molecule has 0 N–H and O–H groups in total. The summed E-state index contributed by atoms with van der Waals surface area (Å²) < 4.78 is 11.6. The predicted octanol–water partition coefficient (Wildman–Crippen LogP) is 5.14. The number of benzene rings is 1. The standard InChI is InChI=1S/C23H30N2O3/c1-16-6-11-21(17(2)24-16)18-7-9-19(10-8-18)27-20-12-14-25(15-13-20)22(26)28-23(3,4)5/h6-11,20H,12-15H2,1-5H3. The maximum atomic E-state index is 12.2. The monoisotopic (exact) mass is 382 g/mol. The van der Waals surface area contributed by atoms with Gasteiger partial charge in [-0.25, -0.2) is 4.79 Å². The minimum atomic E-state index is -0.461. The van der Waals surface area contributed by atoms with E-state index in [1.165, 1.54) is 0 Å². The van der Waals surface area contributed by atoms with Gasteiger partial charge in [-0.1, -0.05) is 18.2 Å². The number of aryl methyl sites for hydroxylation is 2. The molecular weight excluding hydrogens is 352 g/mol. The summed E-state index contributed by atoms with van der Waals surface area (Å²) in [6.07, 6.45) is 1.49. The van der Waals surface area contributed by atoms with Crippen LogP contribution < -0.4 is 4.74 Å². The van der Waals surface area contributed by atoms with E-state index >= 15 is 0 Å². The van der Waals surface area contributed by atoms with E-state index in [1.807, 2.05) is 52.8 Å². The molecule has 0 radical (unpaired) electrons. The van der Waals surface area contributed by atoms with Gasteiger partial charge < -0.3 is 14.4 Å². The first-order valence-electron chi connectivity index (χ1n) is 9.90. The van der Waals surface area contributed by atoms with Crippen LogP contribution in [-0.2, 0) is 4.74 Å². The normalized spacial score (nSPS) is 15.4. The predicted molar refractivity (Wildman–Crippen MR) is 111 cm³/mol. The van der Waals surface area contributed by atoms with E-state index in [-0.39, 0.29) is 12.2 Å². The number of pyridine rings is 1. The maximum absolute atomic E-state index is 12.2. The molecule has 1 aromatic carbocycles. The molecule has 0 spiro atoms. The Labute approximate surface area is 167 Å². The van der Waals surface area contributed by atoms with Gasteiger partial charge in [0.1, 0.15) is 17.5 Å². The lowest BCUT2D eigenvalue weighted by atomic mass is 10.0. The highest BCUT2D eigenvalue weighted by atomic mass is 16.6. The largest absolute Gasteiger partial charge is 0.490 e. The third kappa shape index (κ3) is 5.24. The molecule has 0 aliphatic carbocycles. The molecule has 0 unspecified atom stereocenters. The molecule has 3 rings (SSSR count). The highest BCUT2D eigenvalue weighted by Gasteiger charge is 2.27. The average molecular weight is 383 g/mol. The van der Waals surface area contributed by atoms with Crippen LogP contribution in [0.1, 0.15) is 45.0 Å². The van der Waals surface area contributed by atoms with Crippen molar-refractivity contribution in [2.75, 3.05) is 13.1 Å². The highest BCUT2D eigenvalue weighted by Crippen LogP contribution is 2.26. The molecule has 5 nitrogen and oxygen atoms in total. The zero-order valence-corrected chi connectivity index (χ0v) is 17.5. The Morgan fingerprint density at radius 3 is 2.25 bits per heavy atom. The molecule has 1 saturated heterocycles. The fourth-order valence-corrected chi connectivity index (χ4v) is 3.38. The van der Waals surface area contributed by atoms with Gasteiger partial charge in [-0.2, -0.15) is 0 Å². The van der Waals surface area contributed by atoms with E-state index in [9.17, 15) is 4.79 Å². The maximum Gasteiger partial charge on any atom is 0.410 e. The number of ether oxygens (including phenoxy) is 2. The van der Waals surface area contributed by atoms with Crippen LogP contribution in [0.5, 0.6) is 5.75 Å². The molecule has 2 heterocycles. The fourth-order valence-electron chi connectivity index (χ4n) is 3.38. The minimum absolute atomic E-state index is 0.118. The molecule has 1 aromatic heterocycles. The van der Waals surface area contributed by atoms with Crippen LogP contribution in [0.25, 0.3) is 11.1 Å². The van der Waals surface area contributed by atoms with E-state index in [1.54, 1.807) is 4.90 Å². The van der Waals surface area contributed by atoms with Gasteiger partial charge in [-0.3, -0.25) is 4.98 Å². The van der Waals surface area contributed by atoms with Crippen LogP contribution in [0.4, 0.5) is 4.79 Å². The average Bonchev–Trinajstić information content (AvgIpc) is 2.62. The zero-order chi connectivity index (χ0) is 20.3. The SMILES string of the molecule is Cc1ccc(-c2ccc(OC3CCN(C(=O)OC(C)(C)C)CC3)cc2)c(C)n1. The van der Waals surface area contributed by atoms with Crippen molar-refractivity contribution in [2.45, 2.75) is 59.2 Å². The first kappa shape index (κ1) is 20.2. The molecule has 28 heavy (non-hydrogen) atoms. The number of rotatable bonds is 3. The van der Waals surface area contributed by atoms with Gasteiger partial charge in [0.05, 0.1) is 0 Å². The number of amides is 1. The van der Waals surface area contributed by atoms with E-state index in [2.05, 4.69) is 23.2 Å². The summed E-state index contributed by atoms with van der Waals surface area (Å²) >= 11 is 0. The van der Waals surface area contributed by atoms with Crippen LogP contribution in [0.15, 0.2) is 36.4 Å². The summed E-state index contributed by atoms with van der Waals surface area (Å²) in [7, 11) is 0. The number of carbonyl (C=O) groups is 1. The van der Waals surface area contributed by atoms with E-state index in [0.717, 1.165) is 41.1 Å². The molecule has 5 heteroatoms. The van der Waals surface area contributed by atoms with Crippen LogP contribution in [0.2, 0.25) is 0 Å². The molecule has 1 aliphatic heterocycles. The van der Waals surface area contributed by atoms with Gasteiger partial charge in [-0.05, 0) is 58.4 Å². The Bertz CT molecular complexity index is 817. The van der Waals surface area contributed by atoms with Crippen molar-refractivity contribution in [1.29, 1.82) is 0 Å². The Morgan fingerprint density at radius 1 is 1.04 bits per heavy atom. The molecular formula is C23H30N2O3. The van der Waals surface area contributed by atoms with Gasteiger partial charge in [-0.15, -0.1) is 0 Å². The van der Waals surface area contributed by atoms with Crippen molar-refractivity contribution >= 4 is 6.09 Å². The summed E-state index contributed by atoms with van der Waals surface area (Å²) in [6, 6.07) is 12.3. The Kier molecular flexibility index (Phi) is 5.92. The second-order valence-electron chi connectivity index (χ2n) is 8.39. The lowest BCUT2D eigenvalue weighted by molar-refractivity contribution is 0.0126. The van der Waals surface area contributed by atoms with Crippen molar-refractivity contribution in [1.82, 2.24) is 9.88 Å². The second-order valence-corrected chi connectivity index (χ2v) is 8.39. The summed E-state index contributed by atoms with van der Waals surface area (Å²) in [4.78, 5) is 18.5. The zero-order valence-electron chi connectivity index (χ0n) is 17.5. The molecule has 150 valence electrons. The number of hydrogen-bond donors (Lipinski definition) is 0. The third-order valence-corrected chi connectivity index (χ3v) is 4.79. The van der Waals surface area contributed by atoms with Gasteiger partial charge in [0, 0.05) is 42.9 Å². The number of piperidine rings is 1. The van der Waals surface area contributed by atoms with Crippen molar-refractivity contribution in [2.24, 2.45) is 0 Å². The van der Waals surface area contributed by atoms with E-state index in [0.29, 0.717) is 13.1 Å². The third-order valence-electron chi connectivity index (χ3n) is 4.79. The molecule has 0 saturated carbocycles. The fraction of sp³-hybridized carbons (Fsp3) is 0.478.